The van der Waals surface area contributed by atoms with Crippen molar-refractivity contribution in [2.75, 3.05) is 6.54 Å². The second-order valence-electron chi connectivity index (χ2n) is 3.87. The van der Waals surface area contributed by atoms with E-state index in [4.69, 9.17) is 5.26 Å². The minimum Gasteiger partial charge on any atom is -0.207 e. The van der Waals surface area contributed by atoms with Crippen LogP contribution < -0.4 is 0 Å². The van der Waals surface area contributed by atoms with E-state index in [1.54, 1.807) is 24.3 Å². The quantitative estimate of drug-likeness (QED) is 0.800. The molecule has 1 aliphatic carbocycles. The third kappa shape index (κ3) is 2.51. The molecule has 4 nitrogen and oxygen atoms in total. The lowest BCUT2D eigenvalue weighted by Crippen LogP contribution is -2.33. The molecule has 17 heavy (non-hydrogen) atoms. The monoisotopic (exact) mass is 314 g/mol. The van der Waals surface area contributed by atoms with Crippen LogP contribution in [-0.2, 0) is 10.0 Å². The number of halogens is 1. The second-order valence-corrected chi connectivity index (χ2v) is 6.58. The first-order chi connectivity index (χ1) is 8.07. The number of hydrogen-bond donors (Lipinski definition) is 0. The van der Waals surface area contributed by atoms with Crippen molar-refractivity contribution in [1.82, 2.24) is 4.31 Å². The SMILES string of the molecule is N#CCN(C1CC1)S(=O)(=O)c1ccccc1Br. The van der Waals surface area contributed by atoms with Gasteiger partial charge in [0.15, 0.2) is 0 Å². The molecule has 0 radical (unpaired) electrons. The Morgan fingerprint density at radius 2 is 2.06 bits per heavy atom. The number of benzene rings is 1. The highest BCUT2D eigenvalue weighted by atomic mass is 79.9. The molecule has 2 rings (SSSR count). The van der Waals surface area contributed by atoms with Gasteiger partial charge in [0.05, 0.1) is 11.0 Å². The lowest BCUT2D eigenvalue weighted by atomic mass is 10.4. The molecule has 1 aromatic rings. The van der Waals surface area contributed by atoms with Gasteiger partial charge in [-0.15, -0.1) is 0 Å². The lowest BCUT2D eigenvalue weighted by Gasteiger charge is -2.19. The molecule has 0 amide bonds. The van der Waals surface area contributed by atoms with Crippen LogP contribution in [-0.4, -0.2) is 25.3 Å². The molecule has 1 aromatic carbocycles. The molecule has 0 spiro atoms. The molecule has 0 aromatic heterocycles. The highest BCUT2D eigenvalue weighted by Crippen LogP contribution is 2.33. The van der Waals surface area contributed by atoms with Crippen molar-refractivity contribution < 1.29 is 8.42 Å². The first-order valence-corrected chi connectivity index (χ1v) is 7.44. The Hall–Kier alpha value is -0.900. The predicted molar refractivity (Wildman–Crippen MR) is 66.7 cm³/mol. The van der Waals surface area contributed by atoms with E-state index in [2.05, 4.69) is 15.9 Å². The topological polar surface area (TPSA) is 61.2 Å². The average Bonchev–Trinajstić information content (AvgIpc) is 3.10. The predicted octanol–water partition coefficient (Wildman–Crippen LogP) is 2.13. The summed E-state index contributed by atoms with van der Waals surface area (Å²) in [5.41, 5.74) is 0. The van der Waals surface area contributed by atoms with Gasteiger partial charge in [0, 0.05) is 10.5 Å². The van der Waals surface area contributed by atoms with E-state index >= 15 is 0 Å². The van der Waals surface area contributed by atoms with Crippen molar-refractivity contribution in [2.24, 2.45) is 0 Å². The van der Waals surface area contributed by atoms with Gasteiger partial charge in [-0.2, -0.15) is 9.57 Å². The fourth-order valence-corrected chi connectivity index (χ4v) is 4.17. The highest BCUT2D eigenvalue weighted by Gasteiger charge is 2.38. The molecule has 1 saturated carbocycles. The summed E-state index contributed by atoms with van der Waals surface area (Å²) in [7, 11) is -3.57. The van der Waals surface area contributed by atoms with Gasteiger partial charge < -0.3 is 0 Å². The lowest BCUT2D eigenvalue weighted by molar-refractivity contribution is 0.438. The van der Waals surface area contributed by atoms with Gasteiger partial charge in [-0.1, -0.05) is 12.1 Å². The number of nitrogens with zero attached hydrogens (tertiary/aromatic N) is 2. The minimum absolute atomic E-state index is 0.00763. The van der Waals surface area contributed by atoms with Crippen LogP contribution in [0.2, 0.25) is 0 Å². The number of nitriles is 1. The molecule has 0 aliphatic heterocycles. The summed E-state index contributed by atoms with van der Waals surface area (Å²) in [6.45, 7) is -0.0890. The third-order valence-electron chi connectivity index (χ3n) is 2.60. The zero-order valence-corrected chi connectivity index (χ0v) is 11.4. The molecule has 0 bridgehead atoms. The van der Waals surface area contributed by atoms with Crippen LogP contribution in [0.5, 0.6) is 0 Å². The molecule has 0 saturated heterocycles. The van der Waals surface area contributed by atoms with Gasteiger partial charge >= 0.3 is 0 Å². The molecule has 1 fully saturated rings. The van der Waals surface area contributed by atoms with Gasteiger partial charge in [-0.25, -0.2) is 8.42 Å². The van der Waals surface area contributed by atoms with Crippen molar-refractivity contribution in [2.45, 2.75) is 23.8 Å². The summed E-state index contributed by atoms with van der Waals surface area (Å²) in [5.74, 6) is 0. The summed E-state index contributed by atoms with van der Waals surface area (Å²) in [6.07, 6.45) is 1.68. The number of hydrogen-bond acceptors (Lipinski definition) is 3. The smallest absolute Gasteiger partial charge is 0.207 e. The van der Waals surface area contributed by atoms with Crippen LogP contribution in [0.25, 0.3) is 0 Å². The maximum Gasteiger partial charge on any atom is 0.245 e. The second kappa shape index (κ2) is 4.77. The van der Waals surface area contributed by atoms with Gasteiger partial charge in [-0.05, 0) is 40.9 Å². The zero-order valence-electron chi connectivity index (χ0n) is 9.01. The molecule has 6 heteroatoms. The summed E-state index contributed by atoms with van der Waals surface area (Å²) in [4.78, 5) is 0.224. The van der Waals surface area contributed by atoms with Gasteiger partial charge in [0.2, 0.25) is 10.0 Å². The summed E-state index contributed by atoms with van der Waals surface area (Å²) in [6, 6.07) is 8.58. The largest absolute Gasteiger partial charge is 0.245 e. The Kier molecular flexibility index (Phi) is 3.52. The molecule has 0 unspecified atom stereocenters. The zero-order chi connectivity index (χ0) is 12.5. The summed E-state index contributed by atoms with van der Waals surface area (Å²) >= 11 is 3.23. The van der Waals surface area contributed by atoms with Crippen LogP contribution in [0, 0.1) is 11.3 Å². The first-order valence-electron chi connectivity index (χ1n) is 5.20. The van der Waals surface area contributed by atoms with Gasteiger partial charge in [-0.3, -0.25) is 0 Å². The Labute approximate surface area is 109 Å². The van der Waals surface area contributed by atoms with Gasteiger partial charge in [0.25, 0.3) is 0 Å². The summed E-state index contributed by atoms with van der Waals surface area (Å²) in [5, 5.41) is 8.73. The Bertz CT molecular complexity index is 561. The van der Waals surface area contributed by atoms with E-state index in [-0.39, 0.29) is 17.5 Å². The summed E-state index contributed by atoms with van der Waals surface area (Å²) < 4.78 is 26.6. The standard InChI is InChI=1S/C11H11BrN2O2S/c12-10-3-1-2-4-11(10)17(15,16)14(8-7-13)9-5-6-9/h1-4,9H,5-6,8H2. The van der Waals surface area contributed by atoms with E-state index in [0.717, 1.165) is 12.8 Å². The van der Waals surface area contributed by atoms with Crippen molar-refractivity contribution in [3.8, 4) is 6.07 Å². The van der Waals surface area contributed by atoms with E-state index in [9.17, 15) is 8.42 Å². The molecule has 90 valence electrons. The van der Waals surface area contributed by atoms with Crippen LogP contribution in [0.3, 0.4) is 0 Å². The fourth-order valence-electron chi connectivity index (χ4n) is 1.62. The molecule has 0 N–H and O–H groups in total. The fraction of sp³-hybridized carbons (Fsp3) is 0.364. The van der Waals surface area contributed by atoms with E-state index in [0.29, 0.717) is 4.47 Å². The normalized spacial score (nSPS) is 15.8. The molecule has 0 atom stereocenters. The van der Waals surface area contributed by atoms with Crippen LogP contribution in [0.4, 0.5) is 0 Å². The van der Waals surface area contributed by atoms with Gasteiger partial charge in [0.1, 0.15) is 6.54 Å². The maximum atomic E-state index is 12.4. The van der Waals surface area contributed by atoms with Crippen molar-refractivity contribution >= 4 is 26.0 Å². The van der Waals surface area contributed by atoms with Crippen molar-refractivity contribution in [1.29, 1.82) is 5.26 Å². The van der Waals surface area contributed by atoms with E-state index in [1.165, 1.54) is 4.31 Å². The average molecular weight is 315 g/mol. The Balaban J connectivity index is 2.41. The maximum absolute atomic E-state index is 12.4. The van der Waals surface area contributed by atoms with Crippen molar-refractivity contribution in [3.05, 3.63) is 28.7 Å². The van der Waals surface area contributed by atoms with E-state index < -0.39 is 10.0 Å². The van der Waals surface area contributed by atoms with Crippen LogP contribution in [0.15, 0.2) is 33.6 Å². The Morgan fingerprint density at radius 3 is 2.59 bits per heavy atom. The molecule has 1 aliphatic rings. The van der Waals surface area contributed by atoms with Crippen LogP contribution in [0.1, 0.15) is 12.8 Å². The highest BCUT2D eigenvalue weighted by molar-refractivity contribution is 9.10. The number of rotatable bonds is 4. The molecule has 0 heterocycles. The van der Waals surface area contributed by atoms with Crippen LogP contribution >= 0.6 is 15.9 Å². The Morgan fingerprint density at radius 1 is 1.41 bits per heavy atom. The third-order valence-corrected chi connectivity index (χ3v) is 5.51. The minimum atomic E-state index is -3.57. The first kappa shape index (κ1) is 12.6. The van der Waals surface area contributed by atoms with E-state index in [1.807, 2.05) is 6.07 Å². The number of sulfonamides is 1. The molecular formula is C11H11BrN2O2S. The molecular weight excluding hydrogens is 304 g/mol. The van der Waals surface area contributed by atoms with Crippen molar-refractivity contribution in [3.63, 3.8) is 0 Å².